The van der Waals surface area contributed by atoms with Crippen LogP contribution in [0.2, 0.25) is 0 Å². The highest BCUT2D eigenvalue weighted by molar-refractivity contribution is 6.05. The molecule has 0 unspecified atom stereocenters. The van der Waals surface area contributed by atoms with Crippen LogP contribution in [0.15, 0.2) is 55.3 Å². The van der Waals surface area contributed by atoms with E-state index in [1.807, 2.05) is 20.8 Å². The summed E-state index contributed by atoms with van der Waals surface area (Å²) in [6.45, 7) is 6.43. The number of aromatic amines is 1. The zero-order valence-electron chi connectivity index (χ0n) is 19.0. The molecular weight excluding hydrogens is 426 g/mol. The Labute approximate surface area is 190 Å². The fourth-order valence-corrected chi connectivity index (χ4v) is 3.49. The van der Waals surface area contributed by atoms with Gasteiger partial charge in [0.1, 0.15) is 11.6 Å². The van der Waals surface area contributed by atoms with E-state index in [1.54, 1.807) is 24.4 Å². The van der Waals surface area contributed by atoms with E-state index in [2.05, 4.69) is 4.98 Å². The molecule has 3 rings (SSSR count). The van der Waals surface area contributed by atoms with Crippen molar-refractivity contribution in [2.24, 2.45) is 5.92 Å². The molecule has 0 radical (unpaired) electrons. The minimum Gasteiger partial charge on any atom is -0.454 e. The maximum Gasteiger partial charge on any atom is 0.330 e. The van der Waals surface area contributed by atoms with Crippen LogP contribution in [0.4, 0.5) is 11.5 Å². The minimum absolute atomic E-state index is 0.000242. The molecule has 10 nitrogen and oxygen atoms in total. The first kappa shape index (κ1) is 23.8. The molecule has 1 amide bonds. The summed E-state index contributed by atoms with van der Waals surface area (Å²) in [6, 6.07) is 7.90. The van der Waals surface area contributed by atoms with E-state index in [4.69, 9.17) is 10.2 Å². The molecular formula is C23H29N5O5. The molecule has 0 aromatic carbocycles. The normalized spacial score (nSPS) is 11.2. The monoisotopic (exact) mass is 455 g/mol. The zero-order chi connectivity index (χ0) is 24.1. The number of amides is 1. The summed E-state index contributed by atoms with van der Waals surface area (Å²) in [4.78, 5) is 53.9. The third-order valence-electron chi connectivity index (χ3n) is 5.11. The highest BCUT2D eigenvalue weighted by Gasteiger charge is 2.28. The third-order valence-corrected chi connectivity index (χ3v) is 5.11. The molecule has 0 fully saturated rings. The molecule has 0 aliphatic heterocycles. The van der Waals surface area contributed by atoms with Gasteiger partial charge in [-0.05, 0) is 30.5 Å². The number of hydrogen-bond acceptors (Lipinski definition) is 6. The van der Waals surface area contributed by atoms with Crippen LogP contribution in [0.3, 0.4) is 0 Å². The topological polar surface area (TPSA) is 136 Å². The van der Waals surface area contributed by atoms with Gasteiger partial charge in [0.05, 0.1) is 6.54 Å². The molecule has 0 saturated heterocycles. The van der Waals surface area contributed by atoms with Crippen LogP contribution in [0, 0.1) is 5.92 Å². The number of aromatic nitrogens is 3. The number of unbranched alkanes of at least 4 members (excludes halogenated alkanes) is 1. The molecule has 10 heteroatoms. The van der Waals surface area contributed by atoms with Crippen LogP contribution in [0.5, 0.6) is 0 Å². The smallest absolute Gasteiger partial charge is 0.330 e. The van der Waals surface area contributed by atoms with Crippen molar-refractivity contribution < 1.29 is 9.21 Å². The molecule has 3 N–H and O–H groups in total. The van der Waals surface area contributed by atoms with Crippen molar-refractivity contribution in [1.29, 1.82) is 0 Å². The predicted octanol–water partition coefficient (Wildman–Crippen LogP) is 2.02. The van der Waals surface area contributed by atoms with Crippen LogP contribution in [0.25, 0.3) is 0 Å². The number of anilines is 2. The number of furan rings is 1. The van der Waals surface area contributed by atoms with E-state index in [0.29, 0.717) is 18.7 Å². The maximum absolute atomic E-state index is 13.4. The highest BCUT2D eigenvalue weighted by Crippen LogP contribution is 2.22. The fourth-order valence-electron chi connectivity index (χ4n) is 3.49. The number of H-pyrrole nitrogens is 1. The molecule has 0 saturated carbocycles. The van der Waals surface area contributed by atoms with Crippen LogP contribution in [0.1, 0.15) is 49.9 Å². The highest BCUT2D eigenvalue weighted by atomic mass is 16.4. The summed E-state index contributed by atoms with van der Waals surface area (Å²) >= 11 is 0. The second-order valence-electron chi connectivity index (χ2n) is 8.24. The number of pyridine rings is 1. The lowest BCUT2D eigenvalue weighted by atomic mass is 10.2. The Kier molecular flexibility index (Phi) is 7.37. The van der Waals surface area contributed by atoms with Crippen LogP contribution in [-0.2, 0) is 13.1 Å². The van der Waals surface area contributed by atoms with Crippen molar-refractivity contribution in [2.45, 2.75) is 46.7 Å². The van der Waals surface area contributed by atoms with Gasteiger partial charge in [0.15, 0.2) is 11.4 Å². The lowest BCUT2D eigenvalue weighted by Gasteiger charge is -2.25. The average Bonchev–Trinajstić information content (AvgIpc) is 3.22. The van der Waals surface area contributed by atoms with Crippen molar-refractivity contribution in [3.8, 4) is 0 Å². The first-order valence-corrected chi connectivity index (χ1v) is 10.9. The van der Waals surface area contributed by atoms with Gasteiger partial charge in [-0.15, -0.1) is 0 Å². The largest absolute Gasteiger partial charge is 0.454 e. The van der Waals surface area contributed by atoms with E-state index in [-0.39, 0.29) is 41.8 Å². The van der Waals surface area contributed by atoms with Gasteiger partial charge in [0.2, 0.25) is 0 Å². The standard InChI is InChI=1S/C23H29N5O5/c1-4-5-12-27-20(24)19(21(30)25-23(27)32)28(13-15(2)3)22(31)17-10-9-16(33-17)14-26-11-7-6-8-18(26)29/h6-11,15H,4-5,12-14,24H2,1-3H3,(H,25,30,32). The van der Waals surface area contributed by atoms with Crippen molar-refractivity contribution in [3.05, 3.63) is 79.2 Å². The van der Waals surface area contributed by atoms with Crippen LogP contribution < -0.4 is 27.4 Å². The van der Waals surface area contributed by atoms with E-state index in [1.165, 1.54) is 26.2 Å². The summed E-state index contributed by atoms with van der Waals surface area (Å²) in [5.74, 6) is -0.214. The zero-order valence-corrected chi connectivity index (χ0v) is 19.0. The van der Waals surface area contributed by atoms with Gasteiger partial charge >= 0.3 is 5.69 Å². The summed E-state index contributed by atoms with van der Waals surface area (Å²) in [5, 5.41) is 0. The number of nitrogens with zero attached hydrogens (tertiary/aromatic N) is 3. The van der Waals surface area contributed by atoms with Gasteiger partial charge in [-0.1, -0.05) is 33.3 Å². The average molecular weight is 456 g/mol. The molecule has 33 heavy (non-hydrogen) atoms. The SMILES string of the molecule is CCCCn1c(N)c(N(CC(C)C)C(=O)c2ccc(Cn3ccccc3=O)o2)c(=O)[nH]c1=O. The van der Waals surface area contributed by atoms with Gasteiger partial charge in [-0.2, -0.15) is 0 Å². The van der Waals surface area contributed by atoms with Crippen LogP contribution >= 0.6 is 0 Å². The molecule has 3 aromatic heterocycles. The molecule has 0 bridgehead atoms. The molecule has 176 valence electrons. The van der Waals surface area contributed by atoms with E-state index < -0.39 is 17.2 Å². The quantitative estimate of drug-likeness (QED) is 0.507. The fraction of sp³-hybridized carbons (Fsp3) is 0.391. The Morgan fingerprint density at radius 3 is 2.61 bits per heavy atom. The van der Waals surface area contributed by atoms with Gasteiger partial charge in [-0.25, -0.2) is 4.79 Å². The molecule has 0 aliphatic carbocycles. The van der Waals surface area contributed by atoms with Gasteiger partial charge < -0.3 is 14.7 Å². The predicted molar refractivity (Wildman–Crippen MR) is 126 cm³/mol. The third kappa shape index (κ3) is 5.33. The number of rotatable bonds is 9. The molecule has 0 atom stereocenters. The number of carbonyl (C=O) groups is 1. The Bertz CT molecular complexity index is 1300. The van der Waals surface area contributed by atoms with Crippen molar-refractivity contribution >= 4 is 17.4 Å². The van der Waals surface area contributed by atoms with Crippen molar-refractivity contribution in [1.82, 2.24) is 14.1 Å². The second-order valence-corrected chi connectivity index (χ2v) is 8.24. The van der Waals surface area contributed by atoms with Crippen LogP contribution in [-0.4, -0.2) is 26.6 Å². The van der Waals surface area contributed by atoms with Crippen molar-refractivity contribution in [3.63, 3.8) is 0 Å². The Morgan fingerprint density at radius 1 is 1.18 bits per heavy atom. The number of carbonyl (C=O) groups excluding carboxylic acids is 1. The Morgan fingerprint density at radius 2 is 1.94 bits per heavy atom. The first-order valence-electron chi connectivity index (χ1n) is 10.9. The summed E-state index contributed by atoms with van der Waals surface area (Å²) in [7, 11) is 0. The van der Waals surface area contributed by atoms with E-state index >= 15 is 0 Å². The number of nitrogens with one attached hydrogen (secondary N) is 1. The number of nitrogens with two attached hydrogens (primary N) is 1. The maximum atomic E-state index is 13.4. The van der Waals surface area contributed by atoms with Gasteiger partial charge in [0, 0.05) is 25.4 Å². The molecule has 0 aliphatic rings. The molecule has 0 spiro atoms. The summed E-state index contributed by atoms with van der Waals surface area (Å²) in [6.07, 6.45) is 3.14. The van der Waals surface area contributed by atoms with Gasteiger partial charge in [-0.3, -0.25) is 28.8 Å². The molecule has 3 heterocycles. The summed E-state index contributed by atoms with van der Waals surface area (Å²) < 4.78 is 8.44. The first-order chi connectivity index (χ1) is 15.7. The minimum atomic E-state index is -0.734. The summed E-state index contributed by atoms with van der Waals surface area (Å²) in [5.41, 5.74) is 4.60. The lowest BCUT2D eigenvalue weighted by molar-refractivity contribution is 0.0955. The van der Waals surface area contributed by atoms with Gasteiger partial charge in [0.25, 0.3) is 17.0 Å². The second kappa shape index (κ2) is 10.2. The van der Waals surface area contributed by atoms with E-state index in [9.17, 15) is 19.2 Å². The number of hydrogen-bond donors (Lipinski definition) is 2. The lowest BCUT2D eigenvalue weighted by Crippen LogP contribution is -2.42. The van der Waals surface area contributed by atoms with E-state index in [0.717, 1.165) is 6.42 Å². The Hall–Kier alpha value is -3.82. The number of nitrogen functional groups attached to an aromatic ring is 1. The molecule has 3 aromatic rings. The van der Waals surface area contributed by atoms with Crippen molar-refractivity contribution in [2.75, 3.05) is 17.2 Å². The Balaban J connectivity index is 1.99.